The molecule has 1 aromatic rings. The molecule has 8 heteroatoms. The van der Waals surface area contributed by atoms with Gasteiger partial charge in [0.25, 0.3) is 0 Å². The predicted molar refractivity (Wildman–Crippen MR) is 92.6 cm³/mol. The second-order valence-electron chi connectivity index (χ2n) is 6.25. The molecule has 2 fully saturated rings. The molecule has 2 aliphatic rings. The Labute approximate surface area is 147 Å². The normalized spacial score (nSPS) is 20.3. The Morgan fingerprint density at radius 2 is 1.71 bits per heavy atom. The van der Waals surface area contributed by atoms with Crippen molar-refractivity contribution in [1.29, 1.82) is 0 Å². The standard InChI is InChI=1S/C16H22ClN3O3S/c17-14-7-3-4-8-15(14)24(22,23)20-11-9-19(10-12-20)16(21)18-13-5-1-2-6-13/h3-4,7-8,13H,1-2,5-6,9-12H2,(H,18,21). The quantitative estimate of drug-likeness (QED) is 0.886. The van der Waals surface area contributed by atoms with Gasteiger partial charge in [0.05, 0.1) is 5.02 Å². The van der Waals surface area contributed by atoms with Gasteiger partial charge >= 0.3 is 6.03 Å². The van der Waals surface area contributed by atoms with Gasteiger partial charge in [-0.15, -0.1) is 0 Å². The molecule has 0 radical (unpaired) electrons. The number of carbonyl (C=O) groups is 1. The molecule has 3 rings (SSSR count). The largest absolute Gasteiger partial charge is 0.335 e. The van der Waals surface area contributed by atoms with Crippen molar-refractivity contribution < 1.29 is 13.2 Å². The Morgan fingerprint density at radius 1 is 1.08 bits per heavy atom. The summed E-state index contributed by atoms with van der Waals surface area (Å²) in [6.07, 6.45) is 4.39. The van der Waals surface area contributed by atoms with Crippen LogP contribution in [0.3, 0.4) is 0 Å². The number of halogens is 1. The number of rotatable bonds is 3. The first-order chi connectivity index (χ1) is 11.5. The van der Waals surface area contributed by atoms with Crippen LogP contribution in [0.15, 0.2) is 29.2 Å². The van der Waals surface area contributed by atoms with Crippen LogP contribution in [0, 0.1) is 0 Å². The first-order valence-electron chi connectivity index (χ1n) is 8.28. The first kappa shape index (κ1) is 17.5. The molecule has 24 heavy (non-hydrogen) atoms. The summed E-state index contributed by atoms with van der Waals surface area (Å²) < 4.78 is 26.8. The molecule has 1 saturated heterocycles. The predicted octanol–water partition coefficient (Wildman–Crippen LogP) is 2.30. The Kier molecular flexibility index (Phi) is 5.32. The Bertz CT molecular complexity index is 696. The maximum absolute atomic E-state index is 12.7. The van der Waals surface area contributed by atoms with Crippen molar-refractivity contribution in [3.8, 4) is 0 Å². The number of benzene rings is 1. The fraction of sp³-hybridized carbons (Fsp3) is 0.562. The van der Waals surface area contributed by atoms with Crippen molar-refractivity contribution in [1.82, 2.24) is 14.5 Å². The van der Waals surface area contributed by atoms with E-state index in [0.717, 1.165) is 25.7 Å². The minimum atomic E-state index is -3.62. The average Bonchev–Trinajstić information content (AvgIpc) is 3.08. The van der Waals surface area contributed by atoms with Crippen LogP contribution in [-0.4, -0.2) is 55.9 Å². The van der Waals surface area contributed by atoms with Gasteiger partial charge in [0.2, 0.25) is 10.0 Å². The number of hydrogen-bond acceptors (Lipinski definition) is 3. The molecule has 0 bridgehead atoms. The fourth-order valence-electron chi connectivity index (χ4n) is 3.26. The van der Waals surface area contributed by atoms with Gasteiger partial charge in [-0.2, -0.15) is 4.31 Å². The molecule has 1 saturated carbocycles. The number of carbonyl (C=O) groups excluding carboxylic acids is 1. The van der Waals surface area contributed by atoms with E-state index in [1.54, 1.807) is 23.1 Å². The molecule has 1 aliphatic heterocycles. The van der Waals surface area contributed by atoms with Crippen LogP contribution in [0.2, 0.25) is 5.02 Å². The Balaban J connectivity index is 1.60. The van der Waals surface area contributed by atoms with Crippen LogP contribution >= 0.6 is 11.6 Å². The lowest BCUT2D eigenvalue weighted by Crippen LogP contribution is -2.54. The summed E-state index contributed by atoms with van der Waals surface area (Å²) in [5, 5.41) is 3.26. The second kappa shape index (κ2) is 7.29. The summed E-state index contributed by atoms with van der Waals surface area (Å²) in [6.45, 7) is 1.35. The van der Waals surface area contributed by atoms with Gasteiger partial charge in [0.15, 0.2) is 0 Å². The lowest BCUT2D eigenvalue weighted by molar-refractivity contribution is 0.169. The van der Waals surface area contributed by atoms with Crippen LogP contribution in [0.4, 0.5) is 4.79 Å². The van der Waals surface area contributed by atoms with E-state index in [-0.39, 0.29) is 35.1 Å². The van der Waals surface area contributed by atoms with E-state index in [9.17, 15) is 13.2 Å². The van der Waals surface area contributed by atoms with Gasteiger partial charge < -0.3 is 10.2 Å². The van der Waals surface area contributed by atoms with Crippen molar-refractivity contribution >= 4 is 27.7 Å². The second-order valence-corrected chi connectivity index (χ2v) is 8.57. The Hall–Kier alpha value is -1.31. The van der Waals surface area contributed by atoms with Gasteiger partial charge in [-0.3, -0.25) is 0 Å². The monoisotopic (exact) mass is 371 g/mol. The minimum absolute atomic E-state index is 0.0864. The summed E-state index contributed by atoms with van der Waals surface area (Å²) in [4.78, 5) is 14.1. The molecular formula is C16H22ClN3O3S. The average molecular weight is 372 g/mol. The number of urea groups is 1. The van der Waals surface area contributed by atoms with Gasteiger partial charge in [0.1, 0.15) is 4.90 Å². The summed E-state index contributed by atoms with van der Waals surface area (Å²) in [6, 6.07) is 6.62. The molecule has 0 aromatic heterocycles. The van der Waals surface area contributed by atoms with E-state index in [4.69, 9.17) is 11.6 Å². The molecule has 1 heterocycles. The Morgan fingerprint density at radius 3 is 2.33 bits per heavy atom. The number of nitrogens with zero attached hydrogens (tertiary/aromatic N) is 2. The number of sulfonamides is 1. The smallest absolute Gasteiger partial charge is 0.317 e. The lowest BCUT2D eigenvalue weighted by atomic mass is 10.2. The third-order valence-electron chi connectivity index (χ3n) is 4.66. The van der Waals surface area contributed by atoms with Gasteiger partial charge in [-0.1, -0.05) is 36.6 Å². The van der Waals surface area contributed by atoms with Crippen LogP contribution in [0.1, 0.15) is 25.7 Å². The van der Waals surface area contributed by atoms with E-state index < -0.39 is 10.0 Å². The highest BCUT2D eigenvalue weighted by Gasteiger charge is 2.32. The molecule has 0 atom stereocenters. The van der Waals surface area contributed by atoms with Crippen molar-refractivity contribution in [2.45, 2.75) is 36.6 Å². The molecule has 2 amide bonds. The van der Waals surface area contributed by atoms with Crippen LogP contribution < -0.4 is 5.32 Å². The first-order valence-corrected chi connectivity index (χ1v) is 10.1. The maximum atomic E-state index is 12.7. The maximum Gasteiger partial charge on any atom is 0.317 e. The molecular weight excluding hydrogens is 350 g/mol. The molecule has 1 N–H and O–H groups in total. The highest BCUT2D eigenvalue weighted by atomic mass is 35.5. The van der Waals surface area contributed by atoms with Crippen molar-refractivity contribution in [2.24, 2.45) is 0 Å². The van der Waals surface area contributed by atoms with E-state index in [1.165, 1.54) is 10.4 Å². The van der Waals surface area contributed by atoms with Crippen LogP contribution in [-0.2, 0) is 10.0 Å². The molecule has 132 valence electrons. The number of nitrogens with one attached hydrogen (secondary N) is 1. The highest BCUT2D eigenvalue weighted by Crippen LogP contribution is 2.25. The van der Waals surface area contributed by atoms with E-state index in [2.05, 4.69) is 5.32 Å². The van der Waals surface area contributed by atoms with Crippen LogP contribution in [0.5, 0.6) is 0 Å². The lowest BCUT2D eigenvalue weighted by Gasteiger charge is -2.34. The zero-order valence-corrected chi connectivity index (χ0v) is 15.0. The summed E-state index contributed by atoms with van der Waals surface area (Å²) in [5.74, 6) is 0. The van der Waals surface area contributed by atoms with E-state index in [1.807, 2.05) is 0 Å². The topological polar surface area (TPSA) is 69.7 Å². The third kappa shape index (κ3) is 3.68. The SMILES string of the molecule is O=C(NC1CCCC1)N1CCN(S(=O)(=O)c2ccccc2Cl)CC1. The van der Waals surface area contributed by atoms with Gasteiger partial charge in [-0.25, -0.2) is 13.2 Å². The zero-order valence-electron chi connectivity index (χ0n) is 13.4. The molecule has 6 nitrogen and oxygen atoms in total. The number of amides is 2. The molecule has 0 unspecified atom stereocenters. The van der Waals surface area contributed by atoms with Crippen molar-refractivity contribution in [3.63, 3.8) is 0 Å². The third-order valence-corrected chi connectivity index (χ3v) is 7.06. The minimum Gasteiger partial charge on any atom is -0.335 e. The fourth-order valence-corrected chi connectivity index (χ4v) is 5.18. The number of hydrogen-bond donors (Lipinski definition) is 1. The summed E-state index contributed by atoms with van der Waals surface area (Å²) >= 11 is 6.02. The highest BCUT2D eigenvalue weighted by molar-refractivity contribution is 7.89. The van der Waals surface area contributed by atoms with Gasteiger partial charge in [0, 0.05) is 32.2 Å². The van der Waals surface area contributed by atoms with E-state index in [0.29, 0.717) is 13.1 Å². The summed E-state index contributed by atoms with van der Waals surface area (Å²) in [5.41, 5.74) is 0. The number of piperazine rings is 1. The summed E-state index contributed by atoms with van der Waals surface area (Å²) in [7, 11) is -3.62. The molecule has 1 aliphatic carbocycles. The van der Waals surface area contributed by atoms with Crippen molar-refractivity contribution in [2.75, 3.05) is 26.2 Å². The van der Waals surface area contributed by atoms with E-state index >= 15 is 0 Å². The zero-order chi connectivity index (χ0) is 17.2. The van der Waals surface area contributed by atoms with Crippen molar-refractivity contribution in [3.05, 3.63) is 29.3 Å². The van der Waals surface area contributed by atoms with Crippen LogP contribution in [0.25, 0.3) is 0 Å². The van der Waals surface area contributed by atoms with Gasteiger partial charge in [-0.05, 0) is 25.0 Å². The molecule has 0 spiro atoms. The molecule has 1 aromatic carbocycles.